The Morgan fingerprint density at radius 1 is 1.07 bits per heavy atom. The summed E-state index contributed by atoms with van der Waals surface area (Å²) in [4.78, 5) is 4.87. The molecule has 0 saturated heterocycles. The van der Waals surface area contributed by atoms with Crippen LogP contribution in [0, 0.1) is 0 Å². The van der Waals surface area contributed by atoms with E-state index < -0.39 is 6.10 Å². The van der Waals surface area contributed by atoms with Gasteiger partial charge in [0.1, 0.15) is 0 Å². The summed E-state index contributed by atoms with van der Waals surface area (Å²) in [5.74, 6) is 0. The topological polar surface area (TPSA) is 106 Å². The van der Waals surface area contributed by atoms with Crippen LogP contribution >= 0.6 is 0 Å². The second-order valence-electron chi connectivity index (χ2n) is 7.27. The molecule has 0 spiro atoms. The molecular weight excluding hydrogens is 370 g/mol. The van der Waals surface area contributed by atoms with E-state index in [4.69, 9.17) is 10.1 Å². The Morgan fingerprint density at radius 3 is 2.69 bits per heavy atom. The first-order valence-electron chi connectivity index (χ1n) is 9.79. The number of hydrogen-bond acceptors (Lipinski definition) is 6. The van der Waals surface area contributed by atoms with Crippen LogP contribution in [0.1, 0.15) is 32.7 Å². The van der Waals surface area contributed by atoms with Crippen LogP contribution in [-0.2, 0) is 6.54 Å². The van der Waals surface area contributed by atoms with Gasteiger partial charge in [0.05, 0.1) is 60.9 Å². The van der Waals surface area contributed by atoms with Crippen LogP contribution in [0.2, 0.25) is 0 Å². The molecule has 2 N–H and O–H groups in total. The minimum absolute atomic E-state index is 0.218. The fourth-order valence-corrected chi connectivity index (χ4v) is 3.40. The van der Waals surface area contributed by atoms with Crippen molar-refractivity contribution in [1.29, 1.82) is 0 Å². The zero-order chi connectivity index (χ0) is 20.4. The van der Waals surface area contributed by atoms with Gasteiger partial charge in [-0.3, -0.25) is 9.36 Å². The lowest BCUT2D eigenvalue weighted by Crippen LogP contribution is -2.19. The Kier molecular flexibility index (Phi) is 5.41. The van der Waals surface area contributed by atoms with E-state index in [-0.39, 0.29) is 13.2 Å². The van der Waals surface area contributed by atoms with Crippen LogP contribution in [0.25, 0.3) is 28.0 Å². The molecule has 0 fully saturated rings. The highest BCUT2D eigenvalue weighted by molar-refractivity contribution is 5.78. The first-order chi connectivity index (χ1) is 14.1. The van der Waals surface area contributed by atoms with E-state index in [9.17, 15) is 5.11 Å². The summed E-state index contributed by atoms with van der Waals surface area (Å²) >= 11 is 0. The van der Waals surface area contributed by atoms with Crippen molar-refractivity contribution in [1.82, 2.24) is 34.2 Å². The Bertz CT molecular complexity index is 1100. The predicted molar refractivity (Wildman–Crippen MR) is 108 cm³/mol. The third kappa shape index (κ3) is 3.92. The maximum absolute atomic E-state index is 9.63. The highest BCUT2D eigenvalue weighted by Crippen LogP contribution is 2.27. The van der Waals surface area contributed by atoms with Crippen LogP contribution in [-0.4, -0.2) is 57.1 Å². The highest BCUT2D eigenvalue weighted by atomic mass is 16.3. The van der Waals surface area contributed by atoms with Gasteiger partial charge in [-0.1, -0.05) is 13.3 Å². The largest absolute Gasteiger partial charge is 0.394 e. The Hall–Kier alpha value is -3.04. The van der Waals surface area contributed by atoms with Crippen molar-refractivity contribution in [2.75, 3.05) is 6.61 Å². The normalized spacial score (nSPS) is 13.8. The van der Waals surface area contributed by atoms with Gasteiger partial charge in [-0.15, -0.1) is 0 Å². The minimum Gasteiger partial charge on any atom is -0.394 e. The van der Waals surface area contributed by atoms with Crippen LogP contribution in [0.3, 0.4) is 0 Å². The van der Waals surface area contributed by atoms with Crippen LogP contribution in [0.4, 0.5) is 0 Å². The SMILES string of the molecule is CCC[C@@H](C)n1cc(-c2nc(-c3cnn(CC(O)CO)c3)cn3nccc23)cn1. The van der Waals surface area contributed by atoms with Crippen molar-refractivity contribution in [3.05, 3.63) is 43.2 Å². The molecule has 0 aliphatic rings. The standard InChI is InChI=1S/C20H25N7O2/c1-3-4-14(2)26-10-16(8-23-26)20-19-5-6-21-27(19)12-18(24-20)15-7-22-25(9-15)11-17(29)13-28/h5-10,12,14,17,28-29H,3-4,11,13H2,1-2H3/t14-,17?/m1/s1. The van der Waals surface area contributed by atoms with Gasteiger partial charge in [0.15, 0.2) is 0 Å². The van der Waals surface area contributed by atoms with Crippen molar-refractivity contribution in [3.63, 3.8) is 0 Å². The molecule has 0 aliphatic heterocycles. The zero-order valence-corrected chi connectivity index (χ0v) is 16.5. The van der Waals surface area contributed by atoms with Crippen molar-refractivity contribution >= 4 is 5.52 Å². The van der Waals surface area contributed by atoms with Crippen molar-refractivity contribution in [2.45, 2.75) is 45.4 Å². The lowest BCUT2D eigenvalue weighted by molar-refractivity contribution is 0.0783. The molecule has 4 aromatic heterocycles. The van der Waals surface area contributed by atoms with Crippen LogP contribution in [0.15, 0.2) is 43.2 Å². The number of aliphatic hydroxyl groups is 2. The summed E-state index contributed by atoms with van der Waals surface area (Å²) in [5, 5.41) is 31.8. The Balaban J connectivity index is 1.72. The van der Waals surface area contributed by atoms with Gasteiger partial charge in [0.2, 0.25) is 0 Å². The fourth-order valence-electron chi connectivity index (χ4n) is 3.40. The number of rotatable bonds is 8. The van der Waals surface area contributed by atoms with Gasteiger partial charge in [-0.25, -0.2) is 9.50 Å². The quantitative estimate of drug-likeness (QED) is 0.474. The highest BCUT2D eigenvalue weighted by Gasteiger charge is 2.15. The first kappa shape index (κ1) is 19.3. The van der Waals surface area contributed by atoms with Crippen LogP contribution < -0.4 is 0 Å². The minimum atomic E-state index is -0.851. The molecule has 29 heavy (non-hydrogen) atoms. The van der Waals surface area contributed by atoms with Crippen molar-refractivity contribution in [2.24, 2.45) is 0 Å². The number of hydrogen-bond donors (Lipinski definition) is 2. The van der Waals surface area contributed by atoms with E-state index in [1.54, 1.807) is 27.8 Å². The van der Waals surface area contributed by atoms with Gasteiger partial charge in [0, 0.05) is 29.6 Å². The van der Waals surface area contributed by atoms with Gasteiger partial charge in [0.25, 0.3) is 0 Å². The average Bonchev–Trinajstić information content (AvgIpc) is 3.47. The lowest BCUT2D eigenvalue weighted by atomic mass is 10.2. The molecule has 9 heteroatoms. The number of aromatic nitrogens is 7. The summed E-state index contributed by atoms with van der Waals surface area (Å²) in [5.41, 5.74) is 4.16. The Morgan fingerprint density at radius 2 is 1.90 bits per heavy atom. The predicted octanol–water partition coefficient (Wildman–Crippen LogP) is 2.17. The molecule has 0 amide bonds. The summed E-state index contributed by atoms with van der Waals surface area (Å²) in [7, 11) is 0. The maximum atomic E-state index is 9.63. The summed E-state index contributed by atoms with van der Waals surface area (Å²) in [6, 6.07) is 2.26. The van der Waals surface area contributed by atoms with E-state index >= 15 is 0 Å². The van der Waals surface area contributed by atoms with Gasteiger partial charge in [-0.2, -0.15) is 15.3 Å². The molecule has 1 unspecified atom stereocenters. The number of nitrogens with zero attached hydrogens (tertiary/aromatic N) is 7. The smallest absolute Gasteiger partial charge is 0.0999 e. The fraction of sp³-hybridized carbons (Fsp3) is 0.400. The lowest BCUT2D eigenvalue weighted by Gasteiger charge is -2.10. The number of fused-ring (bicyclic) bond motifs is 1. The molecule has 0 bridgehead atoms. The van der Waals surface area contributed by atoms with Crippen LogP contribution in [0.5, 0.6) is 0 Å². The third-order valence-electron chi connectivity index (χ3n) is 4.96. The van der Waals surface area contributed by atoms with E-state index in [1.165, 1.54) is 0 Å². The monoisotopic (exact) mass is 395 g/mol. The van der Waals surface area contributed by atoms with E-state index in [0.717, 1.165) is 40.9 Å². The van der Waals surface area contributed by atoms with E-state index in [1.807, 2.05) is 29.3 Å². The Labute approximate surface area is 168 Å². The molecule has 0 aromatic carbocycles. The molecule has 152 valence electrons. The van der Waals surface area contributed by atoms with E-state index in [2.05, 4.69) is 29.1 Å². The molecule has 4 rings (SSSR count). The molecule has 2 atom stereocenters. The maximum Gasteiger partial charge on any atom is 0.0999 e. The van der Waals surface area contributed by atoms with Crippen molar-refractivity contribution in [3.8, 4) is 22.5 Å². The molecule has 9 nitrogen and oxygen atoms in total. The molecule has 4 aromatic rings. The van der Waals surface area contributed by atoms with Gasteiger partial charge >= 0.3 is 0 Å². The van der Waals surface area contributed by atoms with Gasteiger partial charge in [-0.05, 0) is 19.4 Å². The molecule has 0 saturated carbocycles. The molecule has 0 radical (unpaired) electrons. The van der Waals surface area contributed by atoms with Crippen molar-refractivity contribution < 1.29 is 10.2 Å². The van der Waals surface area contributed by atoms with Gasteiger partial charge < -0.3 is 10.2 Å². The zero-order valence-electron chi connectivity index (χ0n) is 16.5. The average molecular weight is 395 g/mol. The summed E-state index contributed by atoms with van der Waals surface area (Å²) in [6.45, 7) is 4.24. The molecular formula is C20H25N7O2. The molecule has 4 heterocycles. The summed E-state index contributed by atoms with van der Waals surface area (Å²) in [6.07, 6.45) is 12.3. The van der Waals surface area contributed by atoms with E-state index in [0.29, 0.717) is 6.04 Å². The second-order valence-corrected chi connectivity index (χ2v) is 7.27. The molecule has 0 aliphatic carbocycles. The first-order valence-corrected chi connectivity index (χ1v) is 9.79. The number of aliphatic hydroxyl groups excluding tert-OH is 2. The summed E-state index contributed by atoms with van der Waals surface area (Å²) < 4.78 is 5.37. The second kappa shape index (κ2) is 8.14. The third-order valence-corrected chi connectivity index (χ3v) is 4.96.